The molecule has 1 rings (SSSR count). The monoisotopic (exact) mass is 403 g/mol. The molecule has 1 aromatic rings. The van der Waals surface area contributed by atoms with Gasteiger partial charge in [0.15, 0.2) is 0 Å². The van der Waals surface area contributed by atoms with E-state index in [9.17, 15) is 0 Å². The zero-order valence-electron chi connectivity index (χ0n) is 7.22. The molecule has 0 amide bonds. The number of aliphatic hydroxyl groups excluding tert-OH is 1. The molecule has 4 heteroatoms. The second kappa shape index (κ2) is 5.47. The number of halogens is 2. The van der Waals surface area contributed by atoms with Gasteiger partial charge in [-0.2, -0.15) is 0 Å². The number of benzene rings is 1. The van der Waals surface area contributed by atoms with Crippen LogP contribution in [0.3, 0.4) is 0 Å². The van der Waals surface area contributed by atoms with E-state index < -0.39 is 0 Å². The maximum absolute atomic E-state index is 9.13. The molecule has 1 unspecified atom stereocenters. The minimum atomic E-state index is 0.0432. The summed E-state index contributed by atoms with van der Waals surface area (Å²) >= 11 is 4.56. The minimum Gasteiger partial charge on any atom is -0.394 e. The van der Waals surface area contributed by atoms with Crippen LogP contribution >= 0.6 is 45.2 Å². The number of likely N-dealkylation sites (N-methyl/N-ethyl adjacent to an activating group) is 1. The van der Waals surface area contributed by atoms with E-state index in [-0.39, 0.29) is 12.6 Å². The molecule has 0 aromatic heterocycles. The molecule has 0 fully saturated rings. The minimum absolute atomic E-state index is 0.0432. The van der Waals surface area contributed by atoms with Crippen molar-refractivity contribution in [3.8, 4) is 0 Å². The van der Waals surface area contributed by atoms with E-state index in [0.29, 0.717) is 0 Å². The van der Waals surface area contributed by atoms with Gasteiger partial charge in [-0.25, -0.2) is 0 Å². The Labute approximate surface area is 105 Å². The molecule has 0 radical (unpaired) electrons. The van der Waals surface area contributed by atoms with Gasteiger partial charge in [-0.05, 0) is 76.0 Å². The van der Waals surface area contributed by atoms with E-state index in [1.54, 1.807) is 0 Å². The molecule has 0 heterocycles. The SMILES string of the molecule is CNC(CO)c1cc(I)ccc1I. The first-order chi connectivity index (χ1) is 6.19. The molecule has 72 valence electrons. The maximum Gasteiger partial charge on any atom is 0.0626 e. The average Bonchev–Trinajstić information content (AvgIpc) is 2.13. The molecule has 0 aliphatic heterocycles. The van der Waals surface area contributed by atoms with Crippen LogP contribution in [0.25, 0.3) is 0 Å². The summed E-state index contributed by atoms with van der Waals surface area (Å²) < 4.78 is 2.38. The Morgan fingerprint density at radius 2 is 2.15 bits per heavy atom. The molecule has 0 bridgehead atoms. The van der Waals surface area contributed by atoms with Crippen LogP contribution in [-0.2, 0) is 0 Å². The molecule has 1 atom stereocenters. The lowest BCUT2D eigenvalue weighted by atomic mass is 10.1. The Morgan fingerprint density at radius 1 is 1.46 bits per heavy atom. The van der Waals surface area contributed by atoms with Gasteiger partial charge in [0, 0.05) is 7.14 Å². The van der Waals surface area contributed by atoms with Crippen molar-refractivity contribution < 1.29 is 5.11 Å². The van der Waals surface area contributed by atoms with Crippen LogP contribution in [0.15, 0.2) is 18.2 Å². The predicted octanol–water partition coefficient (Wildman–Crippen LogP) is 2.15. The molecule has 2 nitrogen and oxygen atoms in total. The van der Waals surface area contributed by atoms with E-state index in [4.69, 9.17) is 5.11 Å². The average molecular weight is 403 g/mol. The molecule has 1 aromatic carbocycles. The van der Waals surface area contributed by atoms with Crippen molar-refractivity contribution in [2.75, 3.05) is 13.7 Å². The van der Waals surface area contributed by atoms with Crippen LogP contribution in [0, 0.1) is 7.14 Å². The Balaban J connectivity index is 3.03. The van der Waals surface area contributed by atoms with Gasteiger partial charge >= 0.3 is 0 Å². The van der Waals surface area contributed by atoms with Crippen molar-refractivity contribution in [1.29, 1.82) is 0 Å². The number of rotatable bonds is 3. The molecule has 13 heavy (non-hydrogen) atoms. The van der Waals surface area contributed by atoms with Gasteiger partial charge in [0.25, 0.3) is 0 Å². The van der Waals surface area contributed by atoms with Gasteiger partial charge in [-0.15, -0.1) is 0 Å². The zero-order chi connectivity index (χ0) is 9.84. The van der Waals surface area contributed by atoms with E-state index >= 15 is 0 Å². The Morgan fingerprint density at radius 3 is 2.69 bits per heavy atom. The summed E-state index contributed by atoms with van der Waals surface area (Å²) in [6, 6.07) is 6.27. The van der Waals surface area contributed by atoms with E-state index in [2.05, 4.69) is 68.7 Å². The fraction of sp³-hybridized carbons (Fsp3) is 0.333. The summed E-state index contributed by atoms with van der Waals surface area (Å²) in [5, 5.41) is 12.2. The van der Waals surface area contributed by atoms with Crippen molar-refractivity contribution in [2.24, 2.45) is 0 Å². The molecular weight excluding hydrogens is 392 g/mol. The molecule has 0 aliphatic rings. The molecule has 0 spiro atoms. The van der Waals surface area contributed by atoms with Crippen LogP contribution in [0.5, 0.6) is 0 Å². The molecule has 2 N–H and O–H groups in total. The lowest BCUT2D eigenvalue weighted by Crippen LogP contribution is -2.21. The maximum atomic E-state index is 9.13. The highest BCUT2D eigenvalue weighted by Crippen LogP contribution is 2.21. The zero-order valence-corrected chi connectivity index (χ0v) is 11.5. The number of aliphatic hydroxyl groups is 1. The van der Waals surface area contributed by atoms with Gasteiger partial charge in [-0.1, -0.05) is 0 Å². The van der Waals surface area contributed by atoms with Crippen molar-refractivity contribution in [1.82, 2.24) is 5.32 Å². The van der Waals surface area contributed by atoms with E-state index in [0.717, 1.165) is 5.56 Å². The van der Waals surface area contributed by atoms with Gasteiger partial charge < -0.3 is 10.4 Å². The summed E-state index contributed by atoms with van der Waals surface area (Å²) in [5.74, 6) is 0. The van der Waals surface area contributed by atoms with Crippen molar-refractivity contribution >= 4 is 45.2 Å². The predicted molar refractivity (Wildman–Crippen MR) is 70.8 cm³/mol. The summed E-state index contributed by atoms with van der Waals surface area (Å²) in [4.78, 5) is 0. The first-order valence-electron chi connectivity index (χ1n) is 3.92. The molecule has 0 saturated carbocycles. The topological polar surface area (TPSA) is 32.3 Å². The smallest absolute Gasteiger partial charge is 0.0626 e. The fourth-order valence-corrected chi connectivity index (χ4v) is 2.35. The van der Waals surface area contributed by atoms with Crippen molar-refractivity contribution in [3.05, 3.63) is 30.9 Å². The largest absolute Gasteiger partial charge is 0.394 e. The van der Waals surface area contributed by atoms with Gasteiger partial charge in [0.2, 0.25) is 0 Å². The number of hydrogen-bond acceptors (Lipinski definition) is 2. The van der Waals surface area contributed by atoms with Crippen LogP contribution in [0.1, 0.15) is 11.6 Å². The highest BCUT2D eigenvalue weighted by Gasteiger charge is 2.11. The van der Waals surface area contributed by atoms with Crippen LogP contribution < -0.4 is 5.32 Å². The van der Waals surface area contributed by atoms with E-state index in [1.165, 1.54) is 7.14 Å². The van der Waals surface area contributed by atoms with Gasteiger partial charge in [-0.3, -0.25) is 0 Å². The standard InChI is InChI=1S/C9H11I2NO/c1-12-9(5-13)7-4-6(10)2-3-8(7)11/h2-4,9,12-13H,5H2,1H3. The molecule has 0 saturated heterocycles. The third kappa shape index (κ3) is 3.03. The molecular formula is C9H11I2NO. The summed E-state index contributed by atoms with van der Waals surface area (Å²) in [6.07, 6.45) is 0. The fourth-order valence-electron chi connectivity index (χ4n) is 1.13. The quantitative estimate of drug-likeness (QED) is 0.759. The Bertz CT molecular complexity index is 287. The highest BCUT2D eigenvalue weighted by atomic mass is 127. The summed E-state index contributed by atoms with van der Waals surface area (Å²) in [7, 11) is 1.86. The number of nitrogens with one attached hydrogen (secondary N) is 1. The molecule has 0 aliphatic carbocycles. The van der Waals surface area contributed by atoms with Crippen LogP contribution in [-0.4, -0.2) is 18.8 Å². The Hall–Kier alpha value is 0.600. The lowest BCUT2D eigenvalue weighted by molar-refractivity contribution is 0.250. The first-order valence-corrected chi connectivity index (χ1v) is 6.08. The second-order valence-corrected chi connectivity index (χ2v) is 5.10. The highest BCUT2D eigenvalue weighted by molar-refractivity contribution is 14.1. The summed E-state index contributed by atoms with van der Waals surface area (Å²) in [6.45, 7) is 0.132. The van der Waals surface area contributed by atoms with E-state index in [1.807, 2.05) is 7.05 Å². The lowest BCUT2D eigenvalue weighted by Gasteiger charge is -2.15. The van der Waals surface area contributed by atoms with Crippen LogP contribution in [0.2, 0.25) is 0 Å². The van der Waals surface area contributed by atoms with Crippen molar-refractivity contribution in [3.63, 3.8) is 0 Å². The normalized spacial score (nSPS) is 12.9. The van der Waals surface area contributed by atoms with Gasteiger partial charge in [0.05, 0.1) is 12.6 Å². The number of hydrogen-bond donors (Lipinski definition) is 2. The van der Waals surface area contributed by atoms with Crippen molar-refractivity contribution in [2.45, 2.75) is 6.04 Å². The first kappa shape index (κ1) is 11.7. The van der Waals surface area contributed by atoms with Gasteiger partial charge in [0.1, 0.15) is 0 Å². The summed E-state index contributed by atoms with van der Waals surface area (Å²) in [5.41, 5.74) is 1.16. The Kier molecular flexibility index (Phi) is 4.91. The third-order valence-electron chi connectivity index (χ3n) is 1.86. The third-order valence-corrected chi connectivity index (χ3v) is 3.52. The van der Waals surface area contributed by atoms with Crippen LogP contribution in [0.4, 0.5) is 0 Å². The second-order valence-electron chi connectivity index (χ2n) is 2.69.